The number of hydrogen-bond acceptors (Lipinski definition) is 2. The third-order valence-corrected chi connectivity index (χ3v) is 8.04. The van der Waals surface area contributed by atoms with E-state index in [9.17, 15) is 0 Å². The van der Waals surface area contributed by atoms with Crippen molar-refractivity contribution in [1.29, 1.82) is 0 Å². The first-order valence-electron chi connectivity index (χ1n) is 9.38. The first kappa shape index (κ1) is 17.1. The number of ether oxygens (including phenoxy) is 2. The molecule has 3 aromatic carbocycles. The molecule has 1 aliphatic rings. The fourth-order valence-corrected chi connectivity index (χ4v) is 6.51. The standard InChI is InChI=1S/C23H24O2Si/c1-3-9-20(10-4-1)26(21-11-5-2-6-12-21)22-16-14-19(15-17-22)25-23-13-7-8-18-24-23/h1-6,9-12,14-17,23,26H,7-8,13,18H2. The summed E-state index contributed by atoms with van der Waals surface area (Å²) in [7, 11) is -1.46. The van der Waals surface area contributed by atoms with E-state index < -0.39 is 8.80 Å². The molecule has 2 nitrogen and oxygen atoms in total. The third-order valence-electron chi connectivity index (χ3n) is 4.88. The van der Waals surface area contributed by atoms with Crippen LogP contribution in [0.1, 0.15) is 19.3 Å². The second-order valence-corrected chi connectivity index (χ2v) is 9.60. The lowest BCUT2D eigenvalue weighted by atomic mass is 10.2. The molecule has 1 heterocycles. The van der Waals surface area contributed by atoms with Crippen molar-refractivity contribution in [2.75, 3.05) is 6.61 Å². The lowest BCUT2D eigenvalue weighted by molar-refractivity contribution is -0.105. The maximum absolute atomic E-state index is 5.99. The lowest BCUT2D eigenvalue weighted by Gasteiger charge is -2.24. The van der Waals surface area contributed by atoms with Gasteiger partial charge in [0.05, 0.1) is 6.61 Å². The van der Waals surface area contributed by atoms with Crippen molar-refractivity contribution in [3.05, 3.63) is 84.9 Å². The summed E-state index contributed by atoms with van der Waals surface area (Å²) in [5.41, 5.74) is 0. The molecule has 1 aliphatic heterocycles. The summed E-state index contributed by atoms with van der Waals surface area (Å²) < 4.78 is 11.7. The highest BCUT2D eigenvalue weighted by Gasteiger charge is 2.19. The van der Waals surface area contributed by atoms with Gasteiger partial charge in [-0.1, -0.05) is 88.4 Å². The predicted molar refractivity (Wildman–Crippen MR) is 110 cm³/mol. The van der Waals surface area contributed by atoms with Gasteiger partial charge in [0, 0.05) is 6.42 Å². The van der Waals surface area contributed by atoms with Crippen LogP contribution in [0.25, 0.3) is 0 Å². The molecular weight excluding hydrogens is 336 g/mol. The molecule has 0 bridgehead atoms. The molecule has 26 heavy (non-hydrogen) atoms. The molecule has 0 aromatic heterocycles. The van der Waals surface area contributed by atoms with E-state index in [1.807, 2.05) is 0 Å². The second kappa shape index (κ2) is 8.34. The van der Waals surface area contributed by atoms with Crippen LogP contribution in [0.15, 0.2) is 84.9 Å². The van der Waals surface area contributed by atoms with Crippen molar-refractivity contribution in [3.8, 4) is 5.75 Å². The van der Waals surface area contributed by atoms with Crippen molar-refractivity contribution >= 4 is 24.4 Å². The van der Waals surface area contributed by atoms with Crippen LogP contribution >= 0.6 is 0 Å². The molecule has 0 amide bonds. The number of benzene rings is 3. The molecule has 132 valence electrons. The minimum absolute atomic E-state index is 0.0918. The molecular formula is C23H24O2Si. The van der Waals surface area contributed by atoms with Crippen molar-refractivity contribution < 1.29 is 9.47 Å². The van der Waals surface area contributed by atoms with Gasteiger partial charge in [-0.3, -0.25) is 0 Å². The molecule has 3 heteroatoms. The van der Waals surface area contributed by atoms with Crippen molar-refractivity contribution in [2.45, 2.75) is 25.6 Å². The van der Waals surface area contributed by atoms with Crippen molar-refractivity contribution in [1.82, 2.24) is 0 Å². The minimum Gasteiger partial charge on any atom is -0.465 e. The number of hydrogen-bond donors (Lipinski definition) is 0. The Balaban J connectivity index is 1.59. The summed E-state index contributed by atoms with van der Waals surface area (Å²) in [4.78, 5) is 0. The van der Waals surface area contributed by atoms with Crippen LogP contribution in [0.3, 0.4) is 0 Å². The molecule has 0 N–H and O–H groups in total. The molecule has 0 radical (unpaired) electrons. The Hall–Kier alpha value is -2.36. The van der Waals surface area contributed by atoms with Crippen molar-refractivity contribution in [2.24, 2.45) is 0 Å². The molecule has 0 spiro atoms. The van der Waals surface area contributed by atoms with Gasteiger partial charge in [-0.2, -0.15) is 0 Å². The fourth-order valence-electron chi connectivity index (χ4n) is 3.56. The van der Waals surface area contributed by atoms with Gasteiger partial charge in [0.15, 0.2) is 6.29 Å². The quantitative estimate of drug-likeness (QED) is 0.515. The monoisotopic (exact) mass is 360 g/mol. The Morgan fingerprint density at radius 3 is 1.81 bits per heavy atom. The van der Waals surface area contributed by atoms with Gasteiger partial charge in [0.25, 0.3) is 0 Å². The molecule has 1 saturated heterocycles. The fraction of sp³-hybridized carbons (Fsp3) is 0.217. The maximum atomic E-state index is 5.99. The zero-order chi connectivity index (χ0) is 17.6. The highest BCUT2D eigenvalue weighted by Crippen LogP contribution is 2.18. The van der Waals surface area contributed by atoms with Gasteiger partial charge >= 0.3 is 0 Å². The van der Waals surface area contributed by atoms with E-state index in [4.69, 9.17) is 9.47 Å². The van der Waals surface area contributed by atoms with E-state index in [0.717, 1.165) is 25.2 Å². The van der Waals surface area contributed by atoms with Crippen LogP contribution in [0.2, 0.25) is 0 Å². The molecule has 0 aliphatic carbocycles. The van der Waals surface area contributed by atoms with Crippen LogP contribution < -0.4 is 20.3 Å². The highest BCUT2D eigenvalue weighted by atomic mass is 28.3. The van der Waals surface area contributed by atoms with E-state index in [0.29, 0.717) is 0 Å². The molecule has 1 unspecified atom stereocenters. The topological polar surface area (TPSA) is 18.5 Å². The van der Waals surface area contributed by atoms with Gasteiger partial charge in [-0.25, -0.2) is 0 Å². The van der Waals surface area contributed by atoms with Crippen molar-refractivity contribution in [3.63, 3.8) is 0 Å². The van der Waals surface area contributed by atoms with Crippen LogP contribution in [0.4, 0.5) is 0 Å². The van der Waals surface area contributed by atoms with E-state index in [1.165, 1.54) is 22.0 Å². The second-order valence-electron chi connectivity index (χ2n) is 6.74. The van der Waals surface area contributed by atoms with Crippen LogP contribution in [0, 0.1) is 0 Å². The van der Waals surface area contributed by atoms with E-state index in [-0.39, 0.29) is 6.29 Å². The lowest BCUT2D eigenvalue weighted by Crippen LogP contribution is -2.51. The molecule has 3 aromatic rings. The van der Waals surface area contributed by atoms with Gasteiger partial charge in [-0.05, 0) is 25.0 Å². The minimum atomic E-state index is -1.46. The summed E-state index contributed by atoms with van der Waals surface area (Å²) in [6, 6.07) is 30.4. The first-order valence-corrected chi connectivity index (χ1v) is 11.1. The summed E-state index contributed by atoms with van der Waals surface area (Å²) in [5.74, 6) is 0.898. The average Bonchev–Trinajstić information content (AvgIpc) is 2.72. The molecule has 1 fully saturated rings. The van der Waals surface area contributed by atoms with Crippen LogP contribution in [-0.4, -0.2) is 21.7 Å². The number of rotatable bonds is 5. The highest BCUT2D eigenvalue weighted by molar-refractivity contribution is 6.95. The van der Waals surface area contributed by atoms with Crippen LogP contribution in [0.5, 0.6) is 5.75 Å². The normalized spacial score (nSPS) is 17.2. The zero-order valence-corrected chi connectivity index (χ0v) is 16.0. The SMILES string of the molecule is c1ccc([SiH](c2ccccc2)c2ccc(OC3CCCCO3)cc2)cc1. The molecule has 0 saturated carbocycles. The third kappa shape index (κ3) is 4.06. The Bertz CT molecular complexity index is 757. The van der Waals surface area contributed by atoms with E-state index in [2.05, 4.69) is 84.9 Å². The largest absolute Gasteiger partial charge is 0.465 e. The summed E-state index contributed by atoms with van der Waals surface area (Å²) >= 11 is 0. The predicted octanol–water partition coefficient (Wildman–Crippen LogP) is 2.84. The first-order chi connectivity index (χ1) is 12.9. The summed E-state index contributed by atoms with van der Waals surface area (Å²) in [6.07, 6.45) is 3.21. The Morgan fingerprint density at radius 2 is 1.27 bits per heavy atom. The molecule has 1 atom stereocenters. The summed E-state index contributed by atoms with van der Waals surface area (Å²) in [5, 5.41) is 4.27. The van der Waals surface area contributed by atoms with Crippen LogP contribution in [-0.2, 0) is 4.74 Å². The summed E-state index contributed by atoms with van der Waals surface area (Å²) in [6.45, 7) is 0.805. The Morgan fingerprint density at radius 1 is 0.692 bits per heavy atom. The maximum Gasteiger partial charge on any atom is 0.199 e. The van der Waals surface area contributed by atoms with Gasteiger partial charge < -0.3 is 9.47 Å². The Labute approximate surface area is 157 Å². The van der Waals surface area contributed by atoms with E-state index in [1.54, 1.807) is 0 Å². The Kier molecular flexibility index (Phi) is 5.48. The zero-order valence-electron chi connectivity index (χ0n) is 14.9. The molecule has 4 rings (SSSR count). The van der Waals surface area contributed by atoms with Gasteiger partial charge in [-0.15, -0.1) is 0 Å². The van der Waals surface area contributed by atoms with Gasteiger partial charge in [0.2, 0.25) is 0 Å². The van der Waals surface area contributed by atoms with E-state index >= 15 is 0 Å². The smallest absolute Gasteiger partial charge is 0.199 e. The van der Waals surface area contributed by atoms with Gasteiger partial charge in [0.1, 0.15) is 14.5 Å². The average molecular weight is 361 g/mol.